The summed E-state index contributed by atoms with van der Waals surface area (Å²) in [6, 6.07) is 3.84. The molecule has 0 aliphatic carbocycles. The molecule has 19 heavy (non-hydrogen) atoms. The van der Waals surface area contributed by atoms with Crippen molar-refractivity contribution >= 4 is 32.7 Å². The first kappa shape index (κ1) is 13.8. The second kappa shape index (κ2) is 5.99. The number of ether oxygens (including phenoxy) is 1. The Morgan fingerprint density at radius 2 is 2.21 bits per heavy atom. The summed E-state index contributed by atoms with van der Waals surface area (Å²) in [4.78, 5) is 16.1. The van der Waals surface area contributed by atoms with E-state index in [1.54, 1.807) is 7.11 Å². The zero-order valence-corrected chi connectivity index (χ0v) is 12.1. The van der Waals surface area contributed by atoms with Crippen LogP contribution in [0.25, 0.3) is 10.2 Å². The summed E-state index contributed by atoms with van der Waals surface area (Å²) in [5, 5.41) is 6.04. The van der Waals surface area contributed by atoms with Crippen molar-refractivity contribution in [3.63, 3.8) is 0 Å². The van der Waals surface area contributed by atoms with Gasteiger partial charge >= 0.3 is 6.03 Å². The van der Waals surface area contributed by atoms with Crippen molar-refractivity contribution in [2.24, 2.45) is 0 Å². The number of hydrogen-bond donors (Lipinski definition) is 2. The molecule has 0 aliphatic heterocycles. The van der Waals surface area contributed by atoms with Crippen molar-refractivity contribution in [1.82, 2.24) is 10.3 Å². The van der Waals surface area contributed by atoms with Gasteiger partial charge in [0.2, 0.25) is 0 Å². The van der Waals surface area contributed by atoms with Gasteiger partial charge in [-0.3, -0.25) is 5.32 Å². The molecule has 1 aromatic carbocycles. The Kier molecular flexibility index (Phi) is 4.34. The van der Waals surface area contributed by atoms with E-state index in [1.807, 2.05) is 13.0 Å². The summed E-state index contributed by atoms with van der Waals surface area (Å²) in [5.41, 5.74) is 3.31. The molecule has 0 atom stereocenters. The predicted octanol–water partition coefficient (Wildman–Crippen LogP) is 2.68. The Bertz CT molecular complexity index is 595. The fourth-order valence-corrected chi connectivity index (χ4v) is 2.61. The number of nitrogens with one attached hydrogen (secondary N) is 2. The van der Waals surface area contributed by atoms with Crippen molar-refractivity contribution in [3.8, 4) is 0 Å². The van der Waals surface area contributed by atoms with Gasteiger partial charge in [0.1, 0.15) is 0 Å². The van der Waals surface area contributed by atoms with Crippen LogP contribution in [-0.2, 0) is 4.74 Å². The van der Waals surface area contributed by atoms with Crippen LogP contribution in [0.2, 0.25) is 0 Å². The Balaban J connectivity index is 2.09. The number of rotatable bonds is 4. The molecule has 2 rings (SSSR count). The van der Waals surface area contributed by atoms with Gasteiger partial charge in [0.15, 0.2) is 5.13 Å². The molecule has 0 saturated carbocycles. The number of amides is 2. The van der Waals surface area contributed by atoms with Gasteiger partial charge < -0.3 is 10.1 Å². The highest BCUT2D eigenvalue weighted by Gasteiger charge is 2.09. The van der Waals surface area contributed by atoms with Crippen molar-refractivity contribution in [2.45, 2.75) is 13.8 Å². The number of nitrogens with zero attached hydrogens (tertiary/aromatic N) is 1. The van der Waals surface area contributed by atoms with Gasteiger partial charge in [-0.2, -0.15) is 0 Å². The van der Waals surface area contributed by atoms with Crippen molar-refractivity contribution in [3.05, 3.63) is 23.3 Å². The number of hydrogen-bond acceptors (Lipinski definition) is 4. The smallest absolute Gasteiger partial charge is 0.321 e. The number of thiazole rings is 1. The normalized spacial score (nSPS) is 10.7. The standard InChI is InChI=1S/C13H17N3O2S/c1-8-4-5-10-11(9(8)2)15-13(19-10)16-12(17)14-6-7-18-3/h4-5H,6-7H2,1-3H3,(H2,14,15,16,17). The third-order valence-electron chi connectivity index (χ3n) is 2.90. The first-order valence-electron chi connectivity index (χ1n) is 6.02. The number of carbonyl (C=O) groups excluding carboxylic acids is 1. The summed E-state index contributed by atoms with van der Waals surface area (Å²) in [7, 11) is 1.60. The molecule has 1 heterocycles. The van der Waals surface area contributed by atoms with E-state index in [2.05, 4.69) is 28.6 Å². The maximum absolute atomic E-state index is 11.6. The van der Waals surface area contributed by atoms with Crippen LogP contribution in [0.15, 0.2) is 12.1 Å². The van der Waals surface area contributed by atoms with Crippen LogP contribution in [0.5, 0.6) is 0 Å². The van der Waals surface area contributed by atoms with Crippen LogP contribution in [0.4, 0.5) is 9.93 Å². The molecule has 0 unspecified atom stereocenters. The zero-order valence-electron chi connectivity index (χ0n) is 11.2. The lowest BCUT2D eigenvalue weighted by molar-refractivity contribution is 0.198. The maximum Gasteiger partial charge on any atom is 0.321 e. The topological polar surface area (TPSA) is 63.2 Å². The SMILES string of the molecule is COCCNC(=O)Nc1nc2c(C)c(C)ccc2s1. The number of fused-ring (bicyclic) bond motifs is 1. The van der Waals surface area contributed by atoms with Crippen LogP contribution >= 0.6 is 11.3 Å². The van der Waals surface area contributed by atoms with E-state index in [-0.39, 0.29) is 6.03 Å². The van der Waals surface area contributed by atoms with E-state index in [9.17, 15) is 4.79 Å². The molecule has 0 aliphatic rings. The van der Waals surface area contributed by atoms with Crippen molar-refractivity contribution in [2.75, 3.05) is 25.6 Å². The molecular weight excluding hydrogens is 262 g/mol. The molecular formula is C13H17N3O2S. The number of aromatic nitrogens is 1. The minimum Gasteiger partial charge on any atom is -0.383 e. The molecule has 2 aromatic rings. The molecule has 0 spiro atoms. The molecule has 0 radical (unpaired) electrons. The lowest BCUT2D eigenvalue weighted by atomic mass is 10.1. The summed E-state index contributed by atoms with van der Waals surface area (Å²) in [5.74, 6) is 0. The van der Waals surface area contributed by atoms with Gasteiger partial charge in [-0.1, -0.05) is 17.4 Å². The lowest BCUT2D eigenvalue weighted by Gasteiger charge is -2.03. The fraction of sp³-hybridized carbons (Fsp3) is 0.385. The number of urea groups is 1. The average Bonchev–Trinajstić information content (AvgIpc) is 2.78. The second-order valence-electron chi connectivity index (χ2n) is 4.25. The molecule has 0 fully saturated rings. The van der Waals surface area contributed by atoms with Gasteiger partial charge in [0.25, 0.3) is 0 Å². The third-order valence-corrected chi connectivity index (χ3v) is 3.83. The monoisotopic (exact) mass is 279 g/mol. The minimum absolute atomic E-state index is 0.259. The third kappa shape index (κ3) is 3.21. The molecule has 102 valence electrons. The van der Waals surface area contributed by atoms with E-state index in [0.29, 0.717) is 18.3 Å². The molecule has 2 N–H and O–H groups in total. The van der Waals surface area contributed by atoms with Crippen LogP contribution in [-0.4, -0.2) is 31.3 Å². The summed E-state index contributed by atoms with van der Waals surface area (Å²) in [6.45, 7) is 5.06. The predicted molar refractivity (Wildman–Crippen MR) is 78.0 cm³/mol. The molecule has 6 heteroatoms. The summed E-state index contributed by atoms with van der Waals surface area (Å²) >= 11 is 1.47. The fourth-order valence-electron chi connectivity index (χ4n) is 1.69. The largest absolute Gasteiger partial charge is 0.383 e. The van der Waals surface area contributed by atoms with Crippen LogP contribution in [0.1, 0.15) is 11.1 Å². The number of methoxy groups -OCH3 is 1. The number of carbonyl (C=O) groups is 1. The minimum atomic E-state index is -0.259. The maximum atomic E-state index is 11.6. The number of anilines is 1. The summed E-state index contributed by atoms with van der Waals surface area (Å²) < 4.78 is 5.94. The zero-order chi connectivity index (χ0) is 13.8. The van der Waals surface area contributed by atoms with Gasteiger partial charge in [0, 0.05) is 13.7 Å². The van der Waals surface area contributed by atoms with Gasteiger partial charge in [-0.05, 0) is 31.0 Å². The molecule has 0 bridgehead atoms. The van der Waals surface area contributed by atoms with E-state index in [1.165, 1.54) is 16.9 Å². The van der Waals surface area contributed by atoms with Crippen LogP contribution in [0, 0.1) is 13.8 Å². The highest BCUT2D eigenvalue weighted by molar-refractivity contribution is 7.22. The highest BCUT2D eigenvalue weighted by atomic mass is 32.1. The molecule has 0 saturated heterocycles. The number of aryl methyl sites for hydroxylation is 2. The van der Waals surface area contributed by atoms with E-state index in [0.717, 1.165) is 15.8 Å². The van der Waals surface area contributed by atoms with Gasteiger partial charge in [-0.25, -0.2) is 9.78 Å². The van der Waals surface area contributed by atoms with E-state index >= 15 is 0 Å². The van der Waals surface area contributed by atoms with Crippen molar-refractivity contribution in [1.29, 1.82) is 0 Å². The Morgan fingerprint density at radius 3 is 2.95 bits per heavy atom. The van der Waals surface area contributed by atoms with E-state index < -0.39 is 0 Å². The first-order valence-corrected chi connectivity index (χ1v) is 6.84. The van der Waals surface area contributed by atoms with Crippen molar-refractivity contribution < 1.29 is 9.53 Å². The Hall–Kier alpha value is -1.66. The van der Waals surface area contributed by atoms with Crippen LogP contribution in [0.3, 0.4) is 0 Å². The molecule has 1 aromatic heterocycles. The second-order valence-corrected chi connectivity index (χ2v) is 5.28. The molecule has 2 amide bonds. The Labute approximate surface area is 116 Å². The van der Waals surface area contributed by atoms with Crippen LogP contribution < -0.4 is 10.6 Å². The Morgan fingerprint density at radius 1 is 1.42 bits per heavy atom. The highest BCUT2D eigenvalue weighted by Crippen LogP contribution is 2.29. The first-order chi connectivity index (χ1) is 9.11. The lowest BCUT2D eigenvalue weighted by Crippen LogP contribution is -2.31. The average molecular weight is 279 g/mol. The molecule has 5 nitrogen and oxygen atoms in total. The summed E-state index contributed by atoms with van der Waals surface area (Å²) in [6.07, 6.45) is 0. The number of benzene rings is 1. The van der Waals surface area contributed by atoms with E-state index in [4.69, 9.17) is 4.74 Å². The van der Waals surface area contributed by atoms with Gasteiger partial charge in [-0.15, -0.1) is 0 Å². The quantitative estimate of drug-likeness (QED) is 0.846. The van der Waals surface area contributed by atoms with Gasteiger partial charge in [0.05, 0.1) is 16.8 Å².